The molecule has 0 saturated carbocycles. The third-order valence-electron chi connectivity index (χ3n) is 12.9. The lowest BCUT2D eigenvalue weighted by Gasteiger charge is -2.36. The van der Waals surface area contributed by atoms with Crippen molar-refractivity contribution in [3.63, 3.8) is 0 Å². The topological polar surface area (TPSA) is 34.0 Å². The average molecular weight is 771 g/mol. The quantitative estimate of drug-likeness (QED) is 0.168. The molecule has 13 rings (SSSR count). The summed E-state index contributed by atoms with van der Waals surface area (Å²) < 4.78 is 4.98. The maximum atomic E-state index is 5.60. The van der Waals surface area contributed by atoms with Crippen LogP contribution < -0.4 is 15.3 Å². The van der Waals surface area contributed by atoms with Crippen molar-refractivity contribution in [1.82, 2.24) is 14.5 Å². The largest absolute Gasteiger partial charge is 0.329 e. The van der Waals surface area contributed by atoms with Crippen molar-refractivity contribution in [3.05, 3.63) is 180 Å². The summed E-state index contributed by atoms with van der Waals surface area (Å²) in [6.07, 6.45) is 9.37. The number of nitrogens with zero attached hydrogens (tertiary/aromatic N) is 4. The molecular weight excluding hydrogens is 737 g/mol. The zero-order valence-corrected chi connectivity index (χ0v) is 32.9. The van der Waals surface area contributed by atoms with Gasteiger partial charge in [0.2, 0.25) is 0 Å². The van der Waals surface area contributed by atoms with Crippen LogP contribution in [0.2, 0.25) is 0 Å². The zero-order chi connectivity index (χ0) is 38.8. The first kappa shape index (κ1) is 32.8. The van der Waals surface area contributed by atoms with Gasteiger partial charge in [0.1, 0.15) is 11.7 Å². The number of hydrogen-bond donors (Lipinski definition) is 0. The minimum Gasteiger partial charge on any atom is -0.329 e. The van der Waals surface area contributed by atoms with Crippen LogP contribution in [0.3, 0.4) is 0 Å². The molecule has 10 aromatic rings. The van der Waals surface area contributed by atoms with Gasteiger partial charge in [0.15, 0.2) is 5.82 Å². The molecule has 3 aliphatic rings. The van der Waals surface area contributed by atoms with Crippen LogP contribution in [0.15, 0.2) is 170 Å². The fraction of sp³-hybridized carbons (Fsp3) is 0.0741. The van der Waals surface area contributed by atoms with Crippen LogP contribution in [-0.2, 0) is 0 Å². The molecule has 1 fully saturated rings. The van der Waals surface area contributed by atoms with Crippen LogP contribution in [-0.4, -0.2) is 26.6 Å². The Balaban J connectivity index is 1.11. The van der Waals surface area contributed by atoms with E-state index in [1.807, 2.05) is 11.3 Å². The van der Waals surface area contributed by atoms with E-state index in [9.17, 15) is 0 Å². The van der Waals surface area contributed by atoms with E-state index >= 15 is 0 Å². The summed E-state index contributed by atoms with van der Waals surface area (Å²) in [4.78, 5) is 13.6. The van der Waals surface area contributed by atoms with Crippen molar-refractivity contribution < 1.29 is 0 Å². The van der Waals surface area contributed by atoms with E-state index in [1.54, 1.807) is 0 Å². The fourth-order valence-electron chi connectivity index (χ4n) is 10.4. The van der Waals surface area contributed by atoms with E-state index in [1.165, 1.54) is 63.5 Å². The number of anilines is 1. The summed E-state index contributed by atoms with van der Waals surface area (Å²) in [5.41, 5.74) is 8.10. The van der Waals surface area contributed by atoms with Crippen LogP contribution in [0, 0.1) is 17.3 Å². The molecule has 2 aliphatic carbocycles. The van der Waals surface area contributed by atoms with Gasteiger partial charge in [-0.3, -0.25) is 0 Å². The summed E-state index contributed by atoms with van der Waals surface area (Å²) in [6, 6.07) is 54.1. The van der Waals surface area contributed by atoms with E-state index in [0.29, 0.717) is 0 Å². The molecule has 0 spiro atoms. The first-order chi connectivity index (χ1) is 29.1. The molecule has 276 valence electrons. The summed E-state index contributed by atoms with van der Waals surface area (Å²) in [5.74, 6) is 8.16. The van der Waals surface area contributed by atoms with Crippen LogP contribution in [0.5, 0.6) is 0 Å². The molecule has 3 atom stereocenters. The Hall–Kier alpha value is -7.26. The molecule has 5 heteroatoms. The lowest BCUT2D eigenvalue weighted by atomic mass is 9.73. The lowest BCUT2D eigenvalue weighted by Crippen LogP contribution is -2.40. The average Bonchev–Trinajstić information content (AvgIpc) is 3.86. The van der Waals surface area contributed by atoms with Gasteiger partial charge < -0.3 is 9.47 Å². The monoisotopic (exact) mass is 770 g/mol. The number of benzene rings is 7. The number of rotatable bonds is 3. The van der Waals surface area contributed by atoms with Crippen molar-refractivity contribution in [1.29, 1.82) is 0 Å². The lowest BCUT2D eigenvalue weighted by molar-refractivity contribution is 0.521. The number of aromatic nitrogens is 3. The highest BCUT2D eigenvalue weighted by molar-refractivity contribution is 7.26. The van der Waals surface area contributed by atoms with Gasteiger partial charge in [-0.05, 0) is 70.8 Å². The molecular formula is C54H34N4S. The molecule has 0 radical (unpaired) electrons. The third-order valence-corrected chi connectivity index (χ3v) is 14.1. The highest BCUT2D eigenvalue weighted by Crippen LogP contribution is 2.54. The van der Waals surface area contributed by atoms with Crippen molar-refractivity contribution in [2.45, 2.75) is 19.0 Å². The number of allylic oxidation sites excluding steroid dienone is 2. The van der Waals surface area contributed by atoms with Gasteiger partial charge >= 0.3 is 0 Å². The first-order valence-corrected chi connectivity index (χ1v) is 21.0. The predicted octanol–water partition coefficient (Wildman–Crippen LogP) is 11.2. The maximum absolute atomic E-state index is 5.60. The standard InChI is InChI=1S/C54H34N4S/c1-54-32-35(57-45-25-10-6-19-38(45)40-30-28-34-15-3-5-18-37(34)51(40)57)29-31-48(54)58(46-26-12-16-33-14-2-4-17-36(33)49(46)54)53-50(55-43-23-8-9-24-44(43)56-53)42-22-13-21-41-39-20-7-11-27-47(39)59-52(41)42/h2-11,13-25,27-32,46,48H,1H3. The van der Waals surface area contributed by atoms with Gasteiger partial charge in [-0.2, -0.15) is 0 Å². The second kappa shape index (κ2) is 12.1. The molecule has 4 heterocycles. The van der Waals surface area contributed by atoms with E-state index in [0.717, 1.165) is 39.0 Å². The third kappa shape index (κ3) is 4.55. The van der Waals surface area contributed by atoms with Crippen molar-refractivity contribution in [2.75, 3.05) is 4.90 Å². The molecule has 1 saturated heterocycles. The summed E-state index contributed by atoms with van der Waals surface area (Å²) in [7, 11) is 0. The number of para-hydroxylation sites is 3. The minimum absolute atomic E-state index is 0.104. The normalized spacial score (nSPS) is 19.4. The van der Waals surface area contributed by atoms with Crippen LogP contribution >= 0.6 is 11.3 Å². The molecule has 4 nitrogen and oxygen atoms in total. The molecule has 0 bridgehead atoms. The molecule has 59 heavy (non-hydrogen) atoms. The molecule has 7 aromatic carbocycles. The second-order valence-electron chi connectivity index (χ2n) is 16.1. The van der Waals surface area contributed by atoms with Crippen molar-refractivity contribution in [2.24, 2.45) is 5.41 Å². The Labute approximate surface area is 344 Å². The van der Waals surface area contributed by atoms with Crippen LogP contribution in [0.1, 0.15) is 6.92 Å². The van der Waals surface area contributed by atoms with Gasteiger partial charge in [-0.1, -0.05) is 145 Å². The van der Waals surface area contributed by atoms with Crippen molar-refractivity contribution >= 4 is 98.3 Å². The molecule has 0 N–H and O–H groups in total. The predicted molar refractivity (Wildman–Crippen MR) is 248 cm³/mol. The summed E-state index contributed by atoms with van der Waals surface area (Å²) in [5, 5.41) is 9.84. The number of hydrogen-bond acceptors (Lipinski definition) is 4. The van der Waals surface area contributed by atoms with E-state index < -0.39 is 5.41 Å². The zero-order valence-electron chi connectivity index (χ0n) is 32.1. The van der Waals surface area contributed by atoms with Gasteiger partial charge in [0, 0.05) is 53.0 Å². The molecule has 3 unspecified atom stereocenters. The summed E-state index contributed by atoms with van der Waals surface area (Å²) >= 11 is 1.83. The Kier molecular flexibility index (Phi) is 6.74. The Morgan fingerprint density at radius 2 is 1.41 bits per heavy atom. The maximum Gasteiger partial charge on any atom is 0.157 e. The number of fused-ring (bicyclic) bond motifs is 13. The smallest absolute Gasteiger partial charge is 0.157 e. The minimum atomic E-state index is -0.478. The summed E-state index contributed by atoms with van der Waals surface area (Å²) in [6.45, 7) is 2.42. The SMILES string of the molecule is CC12C=C(n3c4ccccc4c4ccc5ccccc5c43)C=CC1N(c1nc3ccccc3nc1-c1cccc3c1sc1ccccc13)C1C#CC=c3ccccc3=C12. The van der Waals surface area contributed by atoms with E-state index in [-0.39, 0.29) is 12.1 Å². The Morgan fingerprint density at radius 3 is 2.32 bits per heavy atom. The second-order valence-corrected chi connectivity index (χ2v) is 17.2. The van der Waals surface area contributed by atoms with E-state index in [2.05, 4.69) is 204 Å². The molecule has 3 aromatic heterocycles. The highest BCUT2D eigenvalue weighted by atomic mass is 32.1. The van der Waals surface area contributed by atoms with Gasteiger partial charge in [0.05, 0.1) is 28.1 Å². The fourth-order valence-corrected chi connectivity index (χ4v) is 11.6. The first-order valence-electron chi connectivity index (χ1n) is 20.2. The Morgan fingerprint density at radius 1 is 0.661 bits per heavy atom. The van der Waals surface area contributed by atoms with Gasteiger partial charge in [-0.25, -0.2) is 9.97 Å². The molecule has 0 amide bonds. The van der Waals surface area contributed by atoms with Crippen LogP contribution in [0.4, 0.5) is 5.82 Å². The van der Waals surface area contributed by atoms with Gasteiger partial charge in [-0.15, -0.1) is 11.3 Å². The number of thiophene rings is 1. The highest BCUT2D eigenvalue weighted by Gasteiger charge is 2.54. The van der Waals surface area contributed by atoms with Crippen LogP contribution in [0.25, 0.3) is 92.4 Å². The van der Waals surface area contributed by atoms with Crippen molar-refractivity contribution in [3.8, 4) is 23.1 Å². The van der Waals surface area contributed by atoms with E-state index in [4.69, 9.17) is 9.97 Å². The Bertz CT molecular complexity index is 3740. The molecule has 1 aliphatic heterocycles. The van der Waals surface area contributed by atoms with Gasteiger partial charge in [0.25, 0.3) is 0 Å².